The van der Waals surface area contributed by atoms with Crippen molar-refractivity contribution in [3.05, 3.63) is 71.0 Å². The lowest BCUT2D eigenvalue weighted by Crippen LogP contribution is -2.19. The van der Waals surface area contributed by atoms with Crippen molar-refractivity contribution in [3.63, 3.8) is 0 Å². The van der Waals surface area contributed by atoms with E-state index in [9.17, 15) is 4.79 Å². The van der Waals surface area contributed by atoms with Gasteiger partial charge in [0.2, 0.25) is 0 Å². The zero-order valence-corrected chi connectivity index (χ0v) is 13.9. The highest BCUT2D eigenvalue weighted by atomic mass is 16.5. The molecule has 5 nitrogen and oxygen atoms in total. The van der Waals surface area contributed by atoms with E-state index in [0.717, 1.165) is 29.2 Å². The molecule has 5 heteroatoms. The summed E-state index contributed by atoms with van der Waals surface area (Å²) >= 11 is 0. The quantitative estimate of drug-likeness (QED) is 0.759. The van der Waals surface area contributed by atoms with Gasteiger partial charge in [-0.15, -0.1) is 0 Å². The highest BCUT2D eigenvalue weighted by Crippen LogP contribution is 2.28. The summed E-state index contributed by atoms with van der Waals surface area (Å²) in [5.74, 6) is 0.765. The first-order chi connectivity index (χ1) is 11.6. The Labute approximate surface area is 141 Å². The number of likely N-dealkylation sites (N-methyl/N-ethyl adjacent to an activating group) is 1. The second-order valence-corrected chi connectivity index (χ2v) is 5.83. The van der Waals surface area contributed by atoms with E-state index in [2.05, 4.69) is 10.00 Å². The van der Waals surface area contributed by atoms with Crippen molar-refractivity contribution in [2.75, 3.05) is 27.2 Å². The first-order valence-corrected chi connectivity index (χ1v) is 7.89. The van der Waals surface area contributed by atoms with Crippen molar-refractivity contribution < 1.29 is 4.74 Å². The second kappa shape index (κ2) is 7.19. The van der Waals surface area contributed by atoms with Gasteiger partial charge in [0.25, 0.3) is 5.56 Å². The molecule has 0 aliphatic carbocycles. The van der Waals surface area contributed by atoms with Gasteiger partial charge in [0, 0.05) is 18.2 Å². The van der Waals surface area contributed by atoms with Crippen LogP contribution in [0.25, 0.3) is 16.9 Å². The molecule has 1 heterocycles. The van der Waals surface area contributed by atoms with Crippen molar-refractivity contribution in [1.82, 2.24) is 14.7 Å². The molecule has 0 aliphatic rings. The topological polar surface area (TPSA) is 50.3 Å². The SMILES string of the molecule is CN(C)CCOc1ccccc1-c1cc(=O)n(-c2ccccc2)[nH]1. The molecule has 0 saturated carbocycles. The van der Waals surface area contributed by atoms with Gasteiger partial charge in [-0.3, -0.25) is 9.89 Å². The number of para-hydroxylation sites is 2. The number of aromatic nitrogens is 2. The van der Waals surface area contributed by atoms with E-state index in [1.807, 2.05) is 68.7 Å². The van der Waals surface area contributed by atoms with Gasteiger partial charge in [-0.1, -0.05) is 30.3 Å². The summed E-state index contributed by atoms with van der Waals surface area (Å²) in [6, 6.07) is 18.8. The number of aromatic amines is 1. The molecule has 0 radical (unpaired) electrons. The monoisotopic (exact) mass is 323 g/mol. The maximum absolute atomic E-state index is 12.3. The molecular weight excluding hydrogens is 302 g/mol. The van der Waals surface area contributed by atoms with Gasteiger partial charge in [0.05, 0.1) is 11.4 Å². The molecule has 3 aromatic rings. The Morgan fingerprint density at radius 2 is 1.75 bits per heavy atom. The summed E-state index contributed by atoms with van der Waals surface area (Å²) < 4.78 is 7.42. The van der Waals surface area contributed by atoms with Crippen LogP contribution in [0.5, 0.6) is 5.75 Å². The van der Waals surface area contributed by atoms with Crippen molar-refractivity contribution in [2.24, 2.45) is 0 Å². The van der Waals surface area contributed by atoms with Crippen LogP contribution in [0.1, 0.15) is 0 Å². The maximum atomic E-state index is 12.3. The van der Waals surface area contributed by atoms with Crippen molar-refractivity contribution >= 4 is 0 Å². The summed E-state index contributed by atoms with van der Waals surface area (Å²) in [5.41, 5.74) is 2.33. The first kappa shape index (κ1) is 16.1. The number of nitrogens with zero attached hydrogens (tertiary/aromatic N) is 2. The average molecular weight is 323 g/mol. The Morgan fingerprint density at radius 1 is 1.04 bits per heavy atom. The third kappa shape index (κ3) is 3.58. The molecule has 0 unspecified atom stereocenters. The van der Waals surface area contributed by atoms with Crippen LogP contribution in [-0.4, -0.2) is 41.9 Å². The zero-order chi connectivity index (χ0) is 16.9. The van der Waals surface area contributed by atoms with Crippen molar-refractivity contribution in [1.29, 1.82) is 0 Å². The second-order valence-electron chi connectivity index (χ2n) is 5.83. The van der Waals surface area contributed by atoms with Gasteiger partial charge < -0.3 is 9.64 Å². The molecule has 0 saturated heterocycles. The lowest BCUT2D eigenvalue weighted by molar-refractivity contribution is 0.262. The Morgan fingerprint density at radius 3 is 2.50 bits per heavy atom. The summed E-state index contributed by atoms with van der Waals surface area (Å²) in [6.45, 7) is 1.42. The molecule has 2 aromatic carbocycles. The van der Waals surface area contributed by atoms with Gasteiger partial charge >= 0.3 is 0 Å². The Hall–Kier alpha value is -2.79. The van der Waals surface area contributed by atoms with Crippen LogP contribution in [-0.2, 0) is 0 Å². The molecule has 0 spiro atoms. The zero-order valence-electron chi connectivity index (χ0n) is 13.9. The van der Waals surface area contributed by atoms with Crippen molar-refractivity contribution in [3.8, 4) is 22.7 Å². The van der Waals surface area contributed by atoms with Gasteiger partial charge in [0.1, 0.15) is 12.4 Å². The van der Waals surface area contributed by atoms with Crippen LogP contribution in [0.4, 0.5) is 0 Å². The fourth-order valence-corrected chi connectivity index (χ4v) is 2.46. The first-order valence-electron chi connectivity index (χ1n) is 7.89. The minimum Gasteiger partial charge on any atom is -0.492 e. The number of ether oxygens (including phenoxy) is 1. The Kier molecular flexibility index (Phi) is 4.82. The number of hydrogen-bond acceptors (Lipinski definition) is 3. The van der Waals surface area contributed by atoms with E-state index in [1.165, 1.54) is 4.68 Å². The predicted molar refractivity (Wildman–Crippen MR) is 95.9 cm³/mol. The molecule has 0 bridgehead atoms. The summed E-state index contributed by atoms with van der Waals surface area (Å²) in [5, 5.41) is 3.17. The van der Waals surface area contributed by atoms with Crippen LogP contribution in [0.2, 0.25) is 0 Å². The minimum atomic E-state index is -0.0979. The van der Waals surface area contributed by atoms with Crippen LogP contribution >= 0.6 is 0 Å². The van der Waals surface area contributed by atoms with E-state index in [1.54, 1.807) is 6.07 Å². The van der Waals surface area contributed by atoms with Gasteiger partial charge in [-0.2, -0.15) is 0 Å². The predicted octanol–water partition coefficient (Wildman–Crippen LogP) is 2.77. The largest absolute Gasteiger partial charge is 0.492 e. The molecule has 24 heavy (non-hydrogen) atoms. The maximum Gasteiger partial charge on any atom is 0.271 e. The number of nitrogens with one attached hydrogen (secondary N) is 1. The van der Waals surface area contributed by atoms with Gasteiger partial charge in [0.15, 0.2) is 0 Å². The van der Waals surface area contributed by atoms with E-state index < -0.39 is 0 Å². The normalized spacial score (nSPS) is 11.0. The summed E-state index contributed by atoms with van der Waals surface area (Å²) in [4.78, 5) is 14.4. The molecule has 0 atom stereocenters. The standard InChI is InChI=1S/C19H21N3O2/c1-21(2)12-13-24-18-11-7-6-10-16(18)17-14-19(23)22(20-17)15-8-4-3-5-9-15/h3-11,14,20H,12-13H2,1-2H3. The molecule has 124 valence electrons. The van der Waals surface area contributed by atoms with E-state index in [-0.39, 0.29) is 5.56 Å². The Balaban J connectivity index is 1.91. The van der Waals surface area contributed by atoms with Gasteiger partial charge in [-0.05, 0) is 38.4 Å². The van der Waals surface area contributed by atoms with Crippen LogP contribution in [0, 0.1) is 0 Å². The molecule has 0 fully saturated rings. The molecule has 0 aliphatic heterocycles. The van der Waals surface area contributed by atoms with E-state index >= 15 is 0 Å². The minimum absolute atomic E-state index is 0.0979. The fraction of sp³-hybridized carbons (Fsp3) is 0.211. The van der Waals surface area contributed by atoms with E-state index in [4.69, 9.17) is 4.74 Å². The summed E-state index contributed by atoms with van der Waals surface area (Å²) in [7, 11) is 4.01. The fourth-order valence-electron chi connectivity index (χ4n) is 2.46. The van der Waals surface area contributed by atoms with Crippen molar-refractivity contribution in [2.45, 2.75) is 0 Å². The molecule has 1 aromatic heterocycles. The summed E-state index contributed by atoms with van der Waals surface area (Å²) in [6.07, 6.45) is 0. The number of rotatable bonds is 6. The highest BCUT2D eigenvalue weighted by molar-refractivity contribution is 5.67. The third-order valence-electron chi connectivity index (χ3n) is 3.71. The molecule has 1 N–H and O–H groups in total. The number of benzene rings is 2. The third-order valence-corrected chi connectivity index (χ3v) is 3.71. The van der Waals surface area contributed by atoms with Crippen LogP contribution in [0.15, 0.2) is 65.5 Å². The van der Waals surface area contributed by atoms with Gasteiger partial charge in [-0.25, -0.2) is 4.68 Å². The Bertz CT molecular complexity index is 850. The molecular formula is C19H21N3O2. The average Bonchev–Trinajstić information content (AvgIpc) is 2.97. The lowest BCUT2D eigenvalue weighted by Gasteiger charge is -2.13. The van der Waals surface area contributed by atoms with Crippen LogP contribution in [0.3, 0.4) is 0 Å². The highest BCUT2D eigenvalue weighted by Gasteiger charge is 2.11. The smallest absolute Gasteiger partial charge is 0.271 e. The number of hydrogen-bond donors (Lipinski definition) is 1. The number of H-pyrrole nitrogens is 1. The van der Waals surface area contributed by atoms with E-state index in [0.29, 0.717) is 6.61 Å². The lowest BCUT2D eigenvalue weighted by atomic mass is 10.1. The van der Waals surface area contributed by atoms with Crippen LogP contribution < -0.4 is 10.3 Å². The molecule has 0 amide bonds. The molecule has 3 rings (SSSR count).